The van der Waals surface area contributed by atoms with Crippen LogP contribution in [0.15, 0.2) is 94.6 Å². The zero-order valence-corrected chi connectivity index (χ0v) is 16.7. The summed E-state index contributed by atoms with van der Waals surface area (Å²) in [6, 6.07) is 15.6. The summed E-state index contributed by atoms with van der Waals surface area (Å²) >= 11 is 0. The summed E-state index contributed by atoms with van der Waals surface area (Å²) in [5.74, 6) is 0.143. The molecule has 3 aliphatic rings. The average Bonchev–Trinajstić information content (AvgIpc) is 3.55. The summed E-state index contributed by atoms with van der Waals surface area (Å²) in [4.78, 5) is 16.6. The van der Waals surface area contributed by atoms with E-state index < -0.39 is 0 Å². The minimum Gasteiger partial charge on any atom is -0.508 e. The number of hydrogen-bond donors (Lipinski definition) is 3. The van der Waals surface area contributed by atoms with Crippen LogP contribution >= 0.6 is 0 Å². The second-order valence-electron chi connectivity index (χ2n) is 7.91. The van der Waals surface area contributed by atoms with Crippen LogP contribution in [-0.4, -0.2) is 32.5 Å². The molecular formula is C26H20N4O. The van der Waals surface area contributed by atoms with Crippen LogP contribution < -0.4 is 10.7 Å². The summed E-state index contributed by atoms with van der Waals surface area (Å²) in [6.07, 6.45) is 14.2. The lowest BCUT2D eigenvalue weighted by Gasteiger charge is -2.21. The second kappa shape index (κ2) is 6.99. The molecule has 2 aromatic heterocycles. The lowest BCUT2D eigenvalue weighted by molar-refractivity contribution is 0.461. The SMILES string of the molecule is Oc1ccccc1C1c2ccc([nH]2)C=c2ccc([nH]2)=CC2=NC(=CC3=NC1C=C3)C=C2. The third-order valence-electron chi connectivity index (χ3n) is 5.77. The van der Waals surface area contributed by atoms with Crippen molar-refractivity contribution in [3.63, 3.8) is 0 Å². The van der Waals surface area contributed by atoms with E-state index in [4.69, 9.17) is 9.98 Å². The maximum atomic E-state index is 10.6. The van der Waals surface area contributed by atoms with E-state index in [0.717, 1.165) is 44.8 Å². The van der Waals surface area contributed by atoms with Gasteiger partial charge >= 0.3 is 0 Å². The number of phenolic OH excluding ortho intramolecular Hbond substituents is 1. The predicted molar refractivity (Wildman–Crippen MR) is 124 cm³/mol. The number of aromatic amines is 2. The Morgan fingerprint density at radius 1 is 0.774 bits per heavy atom. The fourth-order valence-electron chi connectivity index (χ4n) is 4.34. The van der Waals surface area contributed by atoms with Crippen LogP contribution in [0.4, 0.5) is 0 Å². The molecule has 3 N–H and O–H groups in total. The highest BCUT2D eigenvalue weighted by molar-refractivity contribution is 6.19. The molecule has 6 rings (SSSR count). The quantitative estimate of drug-likeness (QED) is 0.573. The normalized spacial score (nSPS) is 21.2. The number of H-pyrrole nitrogens is 2. The molecule has 31 heavy (non-hydrogen) atoms. The minimum atomic E-state index is -0.130. The molecule has 150 valence electrons. The Bertz CT molecular complexity index is 1460. The summed E-state index contributed by atoms with van der Waals surface area (Å²) in [6.45, 7) is 0. The lowest BCUT2D eigenvalue weighted by atomic mass is 9.88. The molecule has 0 amide bonds. The highest BCUT2D eigenvalue weighted by Gasteiger charge is 2.28. The number of allylic oxidation sites excluding steroid dienone is 4. The largest absolute Gasteiger partial charge is 0.508 e. The van der Waals surface area contributed by atoms with Crippen LogP contribution in [0.3, 0.4) is 0 Å². The van der Waals surface area contributed by atoms with Gasteiger partial charge in [-0.25, -0.2) is 4.99 Å². The van der Waals surface area contributed by atoms with E-state index in [1.807, 2.05) is 54.6 Å². The van der Waals surface area contributed by atoms with Gasteiger partial charge in [0.15, 0.2) is 0 Å². The molecule has 5 heteroatoms. The van der Waals surface area contributed by atoms with Crippen molar-refractivity contribution < 1.29 is 5.11 Å². The molecular weight excluding hydrogens is 384 g/mol. The zero-order valence-electron chi connectivity index (χ0n) is 16.7. The fraction of sp³-hybridized carbons (Fsp3) is 0.0769. The minimum absolute atomic E-state index is 0.128. The van der Waals surface area contributed by atoms with Gasteiger partial charge in [0.25, 0.3) is 0 Å². The van der Waals surface area contributed by atoms with Crippen molar-refractivity contribution in [3.05, 3.63) is 112 Å². The van der Waals surface area contributed by atoms with Crippen LogP contribution in [0, 0.1) is 0 Å². The standard InChI is InChI=1S/C26H20N4O/c31-25-4-2-1-3-22(25)26-23-11-9-20(29-23)14-18-7-5-16(27-18)13-17-6-8-19(28-17)15-21-10-12-24(26)30-21/h1-15,23,26,28,30-31H. The third kappa shape index (κ3) is 3.30. The second-order valence-corrected chi connectivity index (χ2v) is 7.91. The smallest absolute Gasteiger partial charge is 0.119 e. The van der Waals surface area contributed by atoms with Gasteiger partial charge in [-0.15, -0.1) is 0 Å². The van der Waals surface area contributed by atoms with Gasteiger partial charge in [-0.3, -0.25) is 4.99 Å². The molecule has 8 bridgehead atoms. The maximum Gasteiger partial charge on any atom is 0.119 e. The first-order valence-corrected chi connectivity index (χ1v) is 10.3. The zero-order chi connectivity index (χ0) is 20.8. The van der Waals surface area contributed by atoms with E-state index in [0.29, 0.717) is 0 Å². The van der Waals surface area contributed by atoms with E-state index in [-0.39, 0.29) is 17.7 Å². The summed E-state index contributed by atoms with van der Waals surface area (Å²) in [5, 5.41) is 12.6. The lowest BCUT2D eigenvalue weighted by Crippen LogP contribution is -2.16. The van der Waals surface area contributed by atoms with Crippen LogP contribution in [0.5, 0.6) is 5.75 Å². The highest BCUT2D eigenvalue weighted by atomic mass is 16.3. The number of para-hydroxylation sites is 1. The van der Waals surface area contributed by atoms with Crippen molar-refractivity contribution in [2.75, 3.05) is 0 Å². The van der Waals surface area contributed by atoms with Crippen molar-refractivity contribution in [1.82, 2.24) is 9.97 Å². The number of aliphatic imine (C=N–C) groups is 2. The van der Waals surface area contributed by atoms with Crippen molar-refractivity contribution in [2.24, 2.45) is 9.98 Å². The van der Waals surface area contributed by atoms with E-state index in [2.05, 4.69) is 40.3 Å². The Labute approximate surface area is 178 Å². The van der Waals surface area contributed by atoms with E-state index in [1.54, 1.807) is 6.07 Å². The van der Waals surface area contributed by atoms with Crippen LogP contribution in [-0.2, 0) is 0 Å². The number of aromatic nitrogens is 2. The molecule has 5 heterocycles. The van der Waals surface area contributed by atoms with Gasteiger partial charge in [0.2, 0.25) is 0 Å². The maximum absolute atomic E-state index is 10.6. The Balaban J connectivity index is 1.56. The van der Waals surface area contributed by atoms with E-state index >= 15 is 0 Å². The first-order valence-electron chi connectivity index (χ1n) is 10.3. The molecule has 2 atom stereocenters. The van der Waals surface area contributed by atoms with Gasteiger partial charge in [-0.2, -0.15) is 0 Å². The third-order valence-corrected chi connectivity index (χ3v) is 5.77. The molecule has 0 aliphatic carbocycles. The Kier molecular flexibility index (Phi) is 3.99. The van der Waals surface area contributed by atoms with Crippen molar-refractivity contribution >= 4 is 23.6 Å². The molecule has 0 radical (unpaired) electrons. The van der Waals surface area contributed by atoms with Crippen LogP contribution in [0.25, 0.3) is 12.2 Å². The molecule has 0 spiro atoms. The Morgan fingerprint density at radius 2 is 1.65 bits per heavy atom. The number of rotatable bonds is 1. The van der Waals surface area contributed by atoms with Gasteiger partial charge < -0.3 is 15.1 Å². The molecule has 3 aliphatic heterocycles. The Morgan fingerprint density at radius 3 is 2.55 bits per heavy atom. The molecule has 1 aromatic carbocycles. The van der Waals surface area contributed by atoms with Gasteiger partial charge in [0, 0.05) is 27.6 Å². The summed E-state index contributed by atoms with van der Waals surface area (Å²) in [5.41, 5.74) is 5.50. The first kappa shape index (κ1) is 17.7. The highest BCUT2D eigenvalue weighted by Crippen LogP contribution is 2.36. The predicted octanol–water partition coefficient (Wildman–Crippen LogP) is 3.08. The molecule has 0 fully saturated rings. The summed E-state index contributed by atoms with van der Waals surface area (Å²) < 4.78 is 0. The molecule has 3 aromatic rings. The number of phenols is 1. The molecule has 5 nitrogen and oxygen atoms in total. The van der Waals surface area contributed by atoms with Gasteiger partial charge in [0.1, 0.15) is 5.75 Å². The fourth-order valence-corrected chi connectivity index (χ4v) is 4.34. The van der Waals surface area contributed by atoms with Crippen molar-refractivity contribution in [1.29, 1.82) is 0 Å². The number of hydrogen-bond acceptors (Lipinski definition) is 3. The van der Waals surface area contributed by atoms with Crippen molar-refractivity contribution in [3.8, 4) is 5.75 Å². The van der Waals surface area contributed by atoms with Gasteiger partial charge in [-0.05, 0) is 66.8 Å². The number of nitrogens with zero attached hydrogens (tertiary/aromatic N) is 2. The van der Waals surface area contributed by atoms with E-state index in [1.165, 1.54) is 0 Å². The van der Waals surface area contributed by atoms with E-state index in [9.17, 15) is 5.11 Å². The van der Waals surface area contributed by atoms with Gasteiger partial charge in [0.05, 0.1) is 29.1 Å². The molecule has 0 saturated carbocycles. The number of fused-ring (bicyclic) bond motifs is 6. The van der Waals surface area contributed by atoms with Crippen LogP contribution in [0.2, 0.25) is 0 Å². The number of benzene rings is 1. The molecule has 0 saturated heterocycles. The molecule has 2 unspecified atom stereocenters. The number of nitrogens with one attached hydrogen (secondary N) is 2. The summed E-state index contributed by atoms with van der Waals surface area (Å²) in [7, 11) is 0. The first-order chi connectivity index (χ1) is 15.2. The van der Waals surface area contributed by atoms with Crippen LogP contribution in [0.1, 0.15) is 22.9 Å². The Hall–Kier alpha value is -4.12. The number of aromatic hydroxyl groups is 1. The monoisotopic (exact) mass is 404 g/mol. The van der Waals surface area contributed by atoms with Gasteiger partial charge in [-0.1, -0.05) is 24.3 Å². The average molecular weight is 404 g/mol. The van der Waals surface area contributed by atoms with Crippen molar-refractivity contribution in [2.45, 2.75) is 12.0 Å². The topological polar surface area (TPSA) is 76.5 Å².